The highest BCUT2D eigenvalue weighted by atomic mass is 16.3. The average Bonchev–Trinajstić information content (AvgIpc) is 3.38. The second-order valence-electron chi connectivity index (χ2n) is 7.26. The van der Waals surface area contributed by atoms with Gasteiger partial charge in [-0.25, -0.2) is 19.6 Å². The van der Waals surface area contributed by atoms with E-state index in [2.05, 4.69) is 39.1 Å². The topological polar surface area (TPSA) is 163 Å². The maximum absolute atomic E-state index is 12.9. The SMILES string of the molecule is CC(C)[C@@H]1c2nc(-c3cccnc3)nn2CCN1C(=O)CCc1n[nH]c(=O)[nH]1.O=CO. The Morgan fingerprint density at radius 3 is 2.77 bits per heavy atom. The number of H-pyrrole nitrogens is 2. The molecule has 0 saturated carbocycles. The number of carbonyl (C=O) groups is 2. The molecule has 3 aromatic rings. The monoisotopic (exact) mass is 428 g/mol. The second kappa shape index (κ2) is 9.78. The molecule has 0 spiro atoms. The third-order valence-corrected chi connectivity index (χ3v) is 4.85. The predicted octanol–water partition coefficient (Wildman–Crippen LogP) is 0.624. The van der Waals surface area contributed by atoms with Crippen LogP contribution in [0.3, 0.4) is 0 Å². The number of amides is 1. The predicted molar refractivity (Wildman–Crippen MR) is 109 cm³/mol. The summed E-state index contributed by atoms with van der Waals surface area (Å²) in [5.74, 6) is 2.09. The summed E-state index contributed by atoms with van der Waals surface area (Å²) in [5, 5.41) is 17.7. The first kappa shape index (κ1) is 21.9. The molecule has 0 saturated heterocycles. The van der Waals surface area contributed by atoms with Crippen molar-refractivity contribution in [2.24, 2.45) is 5.92 Å². The lowest BCUT2D eigenvalue weighted by Gasteiger charge is -2.37. The Bertz CT molecular complexity index is 1070. The Kier molecular flexibility index (Phi) is 6.90. The molecule has 1 amide bonds. The summed E-state index contributed by atoms with van der Waals surface area (Å²) in [4.78, 5) is 45.7. The Labute approximate surface area is 177 Å². The molecule has 1 aliphatic rings. The fourth-order valence-corrected chi connectivity index (χ4v) is 3.57. The molecule has 0 aromatic carbocycles. The van der Waals surface area contributed by atoms with Crippen LogP contribution in [0.1, 0.15) is 38.0 Å². The number of pyridine rings is 1. The van der Waals surface area contributed by atoms with Crippen LogP contribution >= 0.6 is 0 Å². The quantitative estimate of drug-likeness (QED) is 0.498. The number of aromatic amines is 2. The van der Waals surface area contributed by atoms with Crippen LogP contribution in [0, 0.1) is 5.92 Å². The minimum Gasteiger partial charge on any atom is -0.483 e. The van der Waals surface area contributed by atoms with Gasteiger partial charge in [-0.1, -0.05) is 13.8 Å². The lowest BCUT2D eigenvalue weighted by molar-refractivity contribution is -0.136. The summed E-state index contributed by atoms with van der Waals surface area (Å²) in [6.45, 7) is 5.06. The van der Waals surface area contributed by atoms with Crippen molar-refractivity contribution in [1.82, 2.24) is 39.8 Å². The maximum atomic E-state index is 12.9. The number of carbonyl (C=O) groups excluding carboxylic acids is 1. The first-order valence-electron chi connectivity index (χ1n) is 9.80. The zero-order chi connectivity index (χ0) is 22.4. The Morgan fingerprint density at radius 2 is 2.16 bits per heavy atom. The van der Waals surface area contributed by atoms with E-state index in [9.17, 15) is 9.59 Å². The minimum atomic E-state index is -0.364. The molecule has 12 nitrogen and oxygen atoms in total. The van der Waals surface area contributed by atoms with Crippen molar-refractivity contribution < 1.29 is 14.7 Å². The molecule has 1 atom stereocenters. The van der Waals surface area contributed by atoms with Crippen LogP contribution in [0.25, 0.3) is 11.4 Å². The number of rotatable bonds is 5. The molecule has 31 heavy (non-hydrogen) atoms. The lowest BCUT2D eigenvalue weighted by Crippen LogP contribution is -2.44. The van der Waals surface area contributed by atoms with Gasteiger partial charge in [0, 0.05) is 37.3 Å². The van der Waals surface area contributed by atoms with Crippen molar-refractivity contribution in [3.63, 3.8) is 0 Å². The number of hydrogen-bond donors (Lipinski definition) is 3. The summed E-state index contributed by atoms with van der Waals surface area (Å²) in [7, 11) is 0. The van der Waals surface area contributed by atoms with Crippen molar-refractivity contribution in [2.75, 3.05) is 6.54 Å². The van der Waals surface area contributed by atoms with Crippen LogP contribution < -0.4 is 5.69 Å². The number of nitrogens with zero attached hydrogens (tertiary/aromatic N) is 6. The standard InChI is InChI=1S/C18H22N8O2.CH2O2/c1-11(2)15-17-21-16(12-4-3-7-19-10-12)24-26(17)9-8-25(15)14(27)6-5-13-20-18(28)23-22-13;2-1-3/h3-4,7,10-11,15H,5-6,8-9H2,1-2H3,(H2,20,22,23,28);1H,(H,2,3)/t15-;/m1./s1. The number of hydrogen-bond acceptors (Lipinski definition) is 7. The highest BCUT2D eigenvalue weighted by Crippen LogP contribution is 2.32. The fraction of sp³-hybridized carbons (Fsp3) is 0.421. The minimum absolute atomic E-state index is 0.0136. The van der Waals surface area contributed by atoms with Crippen LogP contribution in [0.2, 0.25) is 0 Å². The van der Waals surface area contributed by atoms with Crippen molar-refractivity contribution in [3.05, 3.63) is 46.7 Å². The molecule has 3 aromatic heterocycles. The average molecular weight is 428 g/mol. The van der Waals surface area contributed by atoms with E-state index in [1.807, 2.05) is 21.7 Å². The third-order valence-electron chi connectivity index (χ3n) is 4.85. The molecule has 0 fully saturated rings. The van der Waals surface area contributed by atoms with Crippen molar-refractivity contribution >= 4 is 12.4 Å². The van der Waals surface area contributed by atoms with E-state index in [-0.39, 0.29) is 36.4 Å². The van der Waals surface area contributed by atoms with Crippen LogP contribution in [-0.2, 0) is 22.6 Å². The van der Waals surface area contributed by atoms with Crippen molar-refractivity contribution in [2.45, 2.75) is 39.3 Å². The van der Waals surface area contributed by atoms with Gasteiger partial charge in [-0.15, -0.1) is 0 Å². The summed E-state index contributed by atoms with van der Waals surface area (Å²) >= 11 is 0. The molecular weight excluding hydrogens is 404 g/mol. The van der Waals surface area contributed by atoms with E-state index in [0.717, 1.165) is 11.4 Å². The number of aromatic nitrogens is 7. The Balaban J connectivity index is 0.000000858. The normalized spacial score (nSPS) is 15.2. The second-order valence-corrected chi connectivity index (χ2v) is 7.26. The van der Waals surface area contributed by atoms with Gasteiger partial charge in [0.25, 0.3) is 6.47 Å². The Hall–Kier alpha value is -3.83. The number of fused-ring (bicyclic) bond motifs is 1. The van der Waals surface area contributed by atoms with E-state index >= 15 is 0 Å². The smallest absolute Gasteiger partial charge is 0.340 e. The Morgan fingerprint density at radius 1 is 1.39 bits per heavy atom. The van der Waals surface area contributed by atoms with Gasteiger partial charge in [-0.05, 0) is 18.1 Å². The summed E-state index contributed by atoms with van der Waals surface area (Å²) in [6.07, 6.45) is 4.10. The van der Waals surface area contributed by atoms with E-state index in [0.29, 0.717) is 31.2 Å². The number of carboxylic acid groups (broad SMARTS) is 1. The van der Waals surface area contributed by atoms with Crippen LogP contribution in [0.5, 0.6) is 0 Å². The molecule has 4 heterocycles. The third kappa shape index (κ3) is 5.02. The van der Waals surface area contributed by atoms with E-state index in [1.165, 1.54) is 0 Å². The number of nitrogens with one attached hydrogen (secondary N) is 2. The van der Waals surface area contributed by atoms with Crippen LogP contribution in [0.15, 0.2) is 29.3 Å². The van der Waals surface area contributed by atoms with E-state index < -0.39 is 0 Å². The fourth-order valence-electron chi connectivity index (χ4n) is 3.57. The molecule has 0 aliphatic carbocycles. The molecule has 1 aliphatic heterocycles. The summed E-state index contributed by atoms with van der Waals surface area (Å²) in [5.41, 5.74) is 0.490. The largest absolute Gasteiger partial charge is 0.483 e. The van der Waals surface area contributed by atoms with Gasteiger partial charge in [0.2, 0.25) is 5.91 Å². The highest BCUT2D eigenvalue weighted by molar-refractivity contribution is 5.77. The highest BCUT2D eigenvalue weighted by Gasteiger charge is 2.35. The lowest BCUT2D eigenvalue weighted by atomic mass is 9.99. The van der Waals surface area contributed by atoms with Gasteiger partial charge < -0.3 is 10.0 Å². The zero-order valence-electron chi connectivity index (χ0n) is 17.2. The van der Waals surface area contributed by atoms with Gasteiger partial charge in [-0.2, -0.15) is 10.2 Å². The molecule has 12 heteroatoms. The molecule has 0 unspecified atom stereocenters. The maximum Gasteiger partial charge on any atom is 0.340 e. The van der Waals surface area contributed by atoms with Crippen molar-refractivity contribution in [3.8, 4) is 11.4 Å². The zero-order valence-corrected chi connectivity index (χ0v) is 17.2. The van der Waals surface area contributed by atoms with E-state index in [4.69, 9.17) is 14.9 Å². The molecule has 0 radical (unpaired) electrons. The van der Waals surface area contributed by atoms with Gasteiger partial charge >= 0.3 is 5.69 Å². The molecular formula is C19H24N8O4. The van der Waals surface area contributed by atoms with Crippen LogP contribution in [0.4, 0.5) is 0 Å². The van der Waals surface area contributed by atoms with E-state index in [1.54, 1.807) is 12.4 Å². The first-order valence-corrected chi connectivity index (χ1v) is 9.80. The first-order chi connectivity index (χ1) is 14.9. The van der Waals surface area contributed by atoms with Crippen LogP contribution in [-0.4, -0.2) is 63.9 Å². The van der Waals surface area contributed by atoms with Gasteiger partial charge in [-0.3, -0.25) is 19.6 Å². The molecule has 164 valence electrons. The van der Waals surface area contributed by atoms with Gasteiger partial charge in [0.1, 0.15) is 5.82 Å². The van der Waals surface area contributed by atoms with Gasteiger partial charge in [0.15, 0.2) is 11.6 Å². The molecule has 4 rings (SSSR count). The summed E-state index contributed by atoms with van der Waals surface area (Å²) < 4.78 is 1.89. The summed E-state index contributed by atoms with van der Waals surface area (Å²) in [6, 6.07) is 3.62. The molecule has 3 N–H and O–H groups in total. The molecule has 0 bridgehead atoms. The number of aryl methyl sites for hydroxylation is 1. The van der Waals surface area contributed by atoms with Crippen molar-refractivity contribution in [1.29, 1.82) is 0 Å². The van der Waals surface area contributed by atoms with Gasteiger partial charge in [0.05, 0.1) is 12.6 Å².